The predicted octanol–water partition coefficient (Wildman–Crippen LogP) is 3.82. The smallest absolute Gasteiger partial charge is 0.249 e. The molecule has 6 nitrogen and oxygen atoms in total. The Morgan fingerprint density at radius 1 is 1.05 bits per heavy atom. The van der Waals surface area contributed by atoms with E-state index in [0.29, 0.717) is 17.1 Å². The first-order chi connectivity index (χ1) is 10.2. The second-order valence-electron chi connectivity index (χ2n) is 4.15. The Bertz CT molecular complexity index is 722. The van der Waals surface area contributed by atoms with E-state index < -0.39 is 5.91 Å². The lowest BCUT2D eigenvalue weighted by Gasteiger charge is -2.10. The van der Waals surface area contributed by atoms with E-state index in [2.05, 4.69) is 10.0 Å². The molecule has 0 atom stereocenters. The monoisotopic (exact) mass is 283 g/mol. The van der Waals surface area contributed by atoms with Crippen molar-refractivity contribution >= 4 is 5.91 Å². The standard InChI is InChI=1S/C15H13N3O3/c1-20-13-7-6-11(9-14(13)21-2)10-4-3-5-12(8-10)15(19)17-18-16/h3-9H,1-2H3. The van der Waals surface area contributed by atoms with Crippen molar-refractivity contribution in [2.45, 2.75) is 0 Å². The predicted molar refractivity (Wildman–Crippen MR) is 78.5 cm³/mol. The molecule has 0 spiro atoms. The normalized spacial score (nSPS) is 9.62. The molecule has 0 radical (unpaired) electrons. The van der Waals surface area contributed by atoms with Crippen LogP contribution < -0.4 is 9.47 Å². The molecule has 0 N–H and O–H groups in total. The third kappa shape index (κ3) is 3.13. The quantitative estimate of drug-likeness (QED) is 0.485. The van der Waals surface area contributed by atoms with E-state index in [-0.39, 0.29) is 0 Å². The third-order valence-electron chi connectivity index (χ3n) is 2.96. The fraction of sp³-hybridized carbons (Fsp3) is 0.133. The van der Waals surface area contributed by atoms with Crippen LogP contribution in [0.5, 0.6) is 11.5 Å². The molecule has 0 aromatic heterocycles. The van der Waals surface area contributed by atoms with E-state index in [0.717, 1.165) is 11.1 Å². The van der Waals surface area contributed by atoms with Crippen LogP contribution in [0.1, 0.15) is 10.4 Å². The highest BCUT2D eigenvalue weighted by molar-refractivity contribution is 5.96. The number of hydrogen-bond donors (Lipinski definition) is 0. The highest BCUT2D eigenvalue weighted by atomic mass is 16.5. The first kappa shape index (κ1) is 14.4. The van der Waals surface area contributed by atoms with Crippen LogP contribution in [0.4, 0.5) is 0 Å². The van der Waals surface area contributed by atoms with Crippen molar-refractivity contribution in [3.8, 4) is 22.6 Å². The Kier molecular flexibility index (Phi) is 4.43. The maximum Gasteiger partial charge on any atom is 0.249 e. The Morgan fingerprint density at radius 2 is 1.76 bits per heavy atom. The number of ether oxygens (including phenoxy) is 2. The Balaban J connectivity index is 2.45. The van der Waals surface area contributed by atoms with Crippen molar-refractivity contribution in [2.24, 2.45) is 5.11 Å². The minimum Gasteiger partial charge on any atom is -0.493 e. The average molecular weight is 283 g/mol. The van der Waals surface area contributed by atoms with Gasteiger partial charge in [0, 0.05) is 10.5 Å². The van der Waals surface area contributed by atoms with E-state index in [9.17, 15) is 4.79 Å². The van der Waals surface area contributed by atoms with Gasteiger partial charge in [-0.1, -0.05) is 24.3 Å². The molecular formula is C15H13N3O3. The number of carbonyl (C=O) groups excluding carboxylic acids is 1. The molecule has 0 fully saturated rings. The molecule has 0 aliphatic rings. The van der Waals surface area contributed by atoms with Gasteiger partial charge in [0.2, 0.25) is 5.91 Å². The fourth-order valence-electron chi connectivity index (χ4n) is 1.95. The van der Waals surface area contributed by atoms with Gasteiger partial charge < -0.3 is 9.47 Å². The summed E-state index contributed by atoms with van der Waals surface area (Å²) in [5.41, 5.74) is 10.3. The van der Waals surface area contributed by atoms with Gasteiger partial charge >= 0.3 is 0 Å². The van der Waals surface area contributed by atoms with Crippen molar-refractivity contribution in [3.05, 3.63) is 58.5 Å². The van der Waals surface area contributed by atoms with Crippen LogP contribution >= 0.6 is 0 Å². The van der Waals surface area contributed by atoms with Crippen LogP contribution in [0, 0.1) is 0 Å². The molecular weight excluding hydrogens is 270 g/mol. The molecule has 2 rings (SSSR count). The number of methoxy groups -OCH3 is 2. The lowest BCUT2D eigenvalue weighted by molar-refractivity contribution is 0.100. The van der Waals surface area contributed by atoms with Gasteiger partial charge in [-0.15, -0.1) is 0 Å². The summed E-state index contributed by atoms with van der Waals surface area (Å²) in [5, 5.41) is 3.09. The molecule has 0 saturated heterocycles. The second kappa shape index (κ2) is 6.45. The van der Waals surface area contributed by atoms with E-state index in [1.54, 1.807) is 38.5 Å². The van der Waals surface area contributed by atoms with E-state index in [1.165, 1.54) is 0 Å². The summed E-state index contributed by atoms with van der Waals surface area (Å²) in [6.07, 6.45) is 0. The van der Waals surface area contributed by atoms with Crippen LogP contribution in [0.25, 0.3) is 21.6 Å². The minimum atomic E-state index is -0.611. The highest BCUT2D eigenvalue weighted by Crippen LogP contribution is 2.32. The molecule has 2 aromatic rings. The Labute approximate surface area is 121 Å². The fourth-order valence-corrected chi connectivity index (χ4v) is 1.95. The maximum absolute atomic E-state index is 11.6. The highest BCUT2D eigenvalue weighted by Gasteiger charge is 2.08. The number of benzene rings is 2. The van der Waals surface area contributed by atoms with Gasteiger partial charge in [0.15, 0.2) is 11.5 Å². The molecule has 0 saturated carbocycles. The summed E-state index contributed by atoms with van der Waals surface area (Å²) in [7, 11) is 3.12. The zero-order chi connectivity index (χ0) is 15.2. The van der Waals surface area contributed by atoms with Gasteiger partial charge in [-0.2, -0.15) is 0 Å². The molecule has 0 aliphatic carbocycles. The maximum atomic E-state index is 11.6. The van der Waals surface area contributed by atoms with E-state index >= 15 is 0 Å². The van der Waals surface area contributed by atoms with Crippen molar-refractivity contribution in [1.82, 2.24) is 0 Å². The van der Waals surface area contributed by atoms with Gasteiger partial charge in [-0.25, -0.2) is 0 Å². The van der Waals surface area contributed by atoms with Crippen molar-refractivity contribution < 1.29 is 14.3 Å². The molecule has 106 valence electrons. The zero-order valence-corrected chi connectivity index (χ0v) is 11.6. The molecule has 0 unspecified atom stereocenters. The SMILES string of the molecule is COc1ccc(-c2cccc(C(=O)N=[N+]=[N-])c2)cc1OC. The topological polar surface area (TPSA) is 84.3 Å². The van der Waals surface area contributed by atoms with Gasteiger partial charge in [-0.3, -0.25) is 4.79 Å². The number of nitrogens with zero attached hydrogens (tertiary/aromatic N) is 3. The molecule has 21 heavy (non-hydrogen) atoms. The van der Waals surface area contributed by atoms with Crippen LogP contribution in [0.3, 0.4) is 0 Å². The summed E-state index contributed by atoms with van der Waals surface area (Å²) >= 11 is 0. The number of rotatable bonds is 4. The molecule has 2 aromatic carbocycles. The Morgan fingerprint density at radius 3 is 2.43 bits per heavy atom. The van der Waals surface area contributed by atoms with E-state index in [1.807, 2.05) is 18.2 Å². The number of carbonyl (C=O) groups is 1. The van der Waals surface area contributed by atoms with Crippen LogP contribution in [0.15, 0.2) is 47.6 Å². The van der Waals surface area contributed by atoms with Gasteiger partial charge in [-0.05, 0) is 40.0 Å². The average Bonchev–Trinajstić information content (AvgIpc) is 2.54. The van der Waals surface area contributed by atoms with E-state index in [4.69, 9.17) is 15.0 Å². The zero-order valence-electron chi connectivity index (χ0n) is 11.6. The van der Waals surface area contributed by atoms with Gasteiger partial charge in [0.05, 0.1) is 14.2 Å². The summed E-state index contributed by atoms with van der Waals surface area (Å²) < 4.78 is 10.4. The Hall–Kier alpha value is -2.98. The molecule has 1 amide bonds. The summed E-state index contributed by atoms with van der Waals surface area (Å²) in [6, 6.07) is 12.3. The van der Waals surface area contributed by atoms with Crippen LogP contribution in [0.2, 0.25) is 0 Å². The first-order valence-corrected chi connectivity index (χ1v) is 6.11. The van der Waals surface area contributed by atoms with Gasteiger partial charge in [0.25, 0.3) is 0 Å². The summed E-state index contributed by atoms with van der Waals surface area (Å²) in [4.78, 5) is 14.1. The lowest BCUT2D eigenvalue weighted by Crippen LogP contribution is -1.94. The summed E-state index contributed by atoms with van der Waals surface area (Å²) in [6.45, 7) is 0. The van der Waals surface area contributed by atoms with Crippen molar-refractivity contribution in [1.29, 1.82) is 0 Å². The lowest BCUT2D eigenvalue weighted by atomic mass is 10.0. The number of amides is 1. The molecule has 0 heterocycles. The number of azide groups is 1. The van der Waals surface area contributed by atoms with Crippen molar-refractivity contribution in [3.63, 3.8) is 0 Å². The molecule has 0 aliphatic heterocycles. The molecule has 0 bridgehead atoms. The first-order valence-electron chi connectivity index (χ1n) is 6.11. The van der Waals surface area contributed by atoms with Crippen LogP contribution in [-0.2, 0) is 0 Å². The van der Waals surface area contributed by atoms with Crippen molar-refractivity contribution in [2.75, 3.05) is 14.2 Å². The largest absolute Gasteiger partial charge is 0.493 e. The van der Waals surface area contributed by atoms with Crippen LogP contribution in [-0.4, -0.2) is 20.1 Å². The second-order valence-corrected chi connectivity index (χ2v) is 4.15. The minimum absolute atomic E-state index is 0.333. The summed E-state index contributed by atoms with van der Waals surface area (Å²) in [5.74, 6) is 0.615. The van der Waals surface area contributed by atoms with Gasteiger partial charge in [0.1, 0.15) is 0 Å². The molecule has 6 heteroatoms. The third-order valence-corrected chi connectivity index (χ3v) is 2.96. The number of hydrogen-bond acceptors (Lipinski definition) is 3.